The number of carbonyl (C=O) groups is 2. The summed E-state index contributed by atoms with van der Waals surface area (Å²) >= 11 is 6.09. The number of nitrogens with one attached hydrogen (secondary N) is 2. The number of carbonyl (C=O) groups excluding carboxylic acids is 2. The number of ether oxygens (including phenoxy) is 1. The second-order valence-corrected chi connectivity index (χ2v) is 7.46. The Balaban J connectivity index is 1.88. The van der Waals surface area contributed by atoms with Gasteiger partial charge in [0.1, 0.15) is 11.9 Å². The molecule has 0 saturated heterocycles. The van der Waals surface area contributed by atoms with E-state index in [9.17, 15) is 9.59 Å². The fourth-order valence-corrected chi connectivity index (χ4v) is 3.21. The van der Waals surface area contributed by atoms with E-state index in [2.05, 4.69) is 20.6 Å². The zero-order valence-corrected chi connectivity index (χ0v) is 17.7. The highest BCUT2D eigenvalue weighted by Crippen LogP contribution is 2.23. The Labute approximate surface area is 179 Å². The van der Waals surface area contributed by atoms with Crippen molar-refractivity contribution in [2.24, 2.45) is 5.92 Å². The van der Waals surface area contributed by atoms with Gasteiger partial charge in [-0.3, -0.25) is 4.79 Å². The highest BCUT2D eigenvalue weighted by molar-refractivity contribution is 6.33. The summed E-state index contributed by atoms with van der Waals surface area (Å²) in [6, 6.07) is 13.7. The maximum Gasteiger partial charge on any atom is 0.328 e. The van der Waals surface area contributed by atoms with Crippen LogP contribution in [0.1, 0.15) is 30.0 Å². The predicted octanol–water partition coefficient (Wildman–Crippen LogP) is 3.82. The monoisotopic (exact) mass is 426 g/mol. The summed E-state index contributed by atoms with van der Waals surface area (Å²) in [5, 5.41) is 7.11. The number of anilines is 1. The molecule has 0 aliphatic carbocycles. The summed E-state index contributed by atoms with van der Waals surface area (Å²) in [6.07, 6.45) is 0. The summed E-state index contributed by atoms with van der Waals surface area (Å²) in [5.74, 6) is 0.202. The summed E-state index contributed by atoms with van der Waals surface area (Å²) < 4.78 is 4.91. The standard InChI is InChI=1S/C22H23ClN4O3/c1-13(2)19(22(29)30-3)27-20-15-9-5-7-11-17(15)25-18(26-20)12-24-21(28)14-8-4-6-10-16(14)23/h4-11,13,19H,12H2,1-3H3,(H,24,28)(H,25,26,27). The summed E-state index contributed by atoms with van der Waals surface area (Å²) in [5.41, 5.74) is 1.08. The average molecular weight is 427 g/mol. The van der Waals surface area contributed by atoms with Gasteiger partial charge in [-0.15, -0.1) is 0 Å². The molecule has 0 bridgehead atoms. The van der Waals surface area contributed by atoms with Gasteiger partial charge in [0.25, 0.3) is 5.91 Å². The lowest BCUT2D eigenvalue weighted by atomic mass is 10.0. The molecule has 2 N–H and O–H groups in total. The van der Waals surface area contributed by atoms with Crippen LogP contribution in [0.25, 0.3) is 10.9 Å². The lowest BCUT2D eigenvalue weighted by molar-refractivity contribution is -0.142. The molecule has 7 nitrogen and oxygen atoms in total. The number of para-hydroxylation sites is 1. The smallest absolute Gasteiger partial charge is 0.328 e. The molecule has 0 fully saturated rings. The molecular weight excluding hydrogens is 404 g/mol. The van der Waals surface area contributed by atoms with Crippen molar-refractivity contribution in [1.29, 1.82) is 0 Å². The van der Waals surface area contributed by atoms with Crippen molar-refractivity contribution in [2.45, 2.75) is 26.4 Å². The van der Waals surface area contributed by atoms with E-state index < -0.39 is 6.04 Å². The highest BCUT2D eigenvalue weighted by Gasteiger charge is 2.24. The van der Waals surface area contributed by atoms with Gasteiger partial charge in [0.05, 0.1) is 29.8 Å². The van der Waals surface area contributed by atoms with Crippen molar-refractivity contribution < 1.29 is 14.3 Å². The number of hydrogen-bond acceptors (Lipinski definition) is 6. The molecule has 1 aromatic heterocycles. The van der Waals surface area contributed by atoms with Crippen molar-refractivity contribution >= 4 is 40.2 Å². The Hall–Kier alpha value is -3.19. The number of benzene rings is 2. The molecule has 2 aromatic carbocycles. The topological polar surface area (TPSA) is 93.2 Å². The van der Waals surface area contributed by atoms with Crippen LogP contribution in [0.3, 0.4) is 0 Å². The Morgan fingerprint density at radius 1 is 1.07 bits per heavy atom. The van der Waals surface area contributed by atoms with Crippen molar-refractivity contribution in [2.75, 3.05) is 12.4 Å². The molecule has 1 amide bonds. The second kappa shape index (κ2) is 9.54. The molecule has 0 saturated carbocycles. The number of methoxy groups -OCH3 is 1. The molecule has 1 unspecified atom stereocenters. The minimum atomic E-state index is -0.570. The fraction of sp³-hybridized carbons (Fsp3) is 0.273. The van der Waals surface area contributed by atoms with E-state index in [1.807, 2.05) is 38.1 Å². The van der Waals surface area contributed by atoms with Crippen LogP contribution in [0.4, 0.5) is 5.82 Å². The number of amides is 1. The minimum Gasteiger partial charge on any atom is -0.467 e. The van der Waals surface area contributed by atoms with Gasteiger partial charge in [0.15, 0.2) is 5.82 Å². The Morgan fingerprint density at radius 2 is 1.77 bits per heavy atom. The number of esters is 1. The third-order valence-electron chi connectivity index (χ3n) is 4.59. The van der Waals surface area contributed by atoms with Gasteiger partial charge in [-0.05, 0) is 30.2 Å². The van der Waals surface area contributed by atoms with E-state index in [0.717, 1.165) is 5.39 Å². The first kappa shape index (κ1) is 21.5. The zero-order chi connectivity index (χ0) is 21.7. The summed E-state index contributed by atoms with van der Waals surface area (Å²) in [6.45, 7) is 3.94. The van der Waals surface area contributed by atoms with Gasteiger partial charge in [-0.25, -0.2) is 14.8 Å². The summed E-state index contributed by atoms with van der Waals surface area (Å²) in [7, 11) is 1.35. The van der Waals surface area contributed by atoms with E-state index in [-0.39, 0.29) is 24.3 Å². The van der Waals surface area contributed by atoms with Gasteiger partial charge < -0.3 is 15.4 Å². The summed E-state index contributed by atoms with van der Waals surface area (Å²) in [4.78, 5) is 33.7. The minimum absolute atomic E-state index is 0.0189. The van der Waals surface area contributed by atoms with E-state index in [0.29, 0.717) is 27.7 Å². The van der Waals surface area contributed by atoms with Crippen molar-refractivity contribution in [1.82, 2.24) is 15.3 Å². The average Bonchev–Trinajstić information content (AvgIpc) is 2.75. The molecule has 156 valence electrons. The molecule has 1 atom stereocenters. The van der Waals surface area contributed by atoms with Crippen LogP contribution in [0, 0.1) is 5.92 Å². The third kappa shape index (κ3) is 4.86. The molecule has 1 heterocycles. The van der Waals surface area contributed by atoms with Crippen LogP contribution in [0.15, 0.2) is 48.5 Å². The molecule has 3 aromatic rings. The Morgan fingerprint density at radius 3 is 2.47 bits per heavy atom. The van der Waals surface area contributed by atoms with Gasteiger partial charge in [-0.2, -0.15) is 0 Å². The number of halogens is 1. The molecule has 0 radical (unpaired) electrons. The number of fused-ring (bicyclic) bond motifs is 1. The lowest BCUT2D eigenvalue weighted by Gasteiger charge is -2.21. The molecule has 8 heteroatoms. The SMILES string of the molecule is COC(=O)C(Nc1nc(CNC(=O)c2ccccc2Cl)nc2ccccc12)C(C)C. The van der Waals surface area contributed by atoms with Crippen LogP contribution in [0.2, 0.25) is 5.02 Å². The fourth-order valence-electron chi connectivity index (χ4n) is 2.99. The van der Waals surface area contributed by atoms with E-state index in [1.54, 1.807) is 24.3 Å². The number of nitrogens with zero attached hydrogens (tertiary/aromatic N) is 2. The Bertz CT molecular complexity index is 1070. The molecule has 0 aliphatic heterocycles. The van der Waals surface area contributed by atoms with Gasteiger partial charge in [0, 0.05) is 5.39 Å². The van der Waals surface area contributed by atoms with Crippen LogP contribution < -0.4 is 10.6 Å². The first-order chi connectivity index (χ1) is 14.4. The van der Waals surface area contributed by atoms with Crippen molar-refractivity contribution in [3.05, 3.63) is 64.9 Å². The molecule has 30 heavy (non-hydrogen) atoms. The number of aromatic nitrogens is 2. The number of hydrogen-bond donors (Lipinski definition) is 2. The number of rotatable bonds is 7. The molecule has 0 spiro atoms. The van der Waals surface area contributed by atoms with Crippen LogP contribution in [0.5, 0.6) is 0 Å². The zero-order valence-electron chi connectivity index (χ0n) is 17.0. The second-order valence-electron chi connectivity index (χ2n) is 7.06. The normalized spacial score (nSPS) is 11.9. The third-order valence-corrected chi connectivity index (χ3v) is 4.92. The molecular formula is C22H23ClN4O3. The maximum atomic E-state index is 12.5. The van der Waals surface area contributed by atoms with E-state index in [4.69, 9.17) is 16.3 Å². The maximum absolute atomic E-state index is 12.5. The van der Waals surface area contributed by atoms with Crippen molar-refractivity contribution in [3.8, 4) is 0 Å². The van der Waals surface area contributed by atoms with Gasteiger partial charge >= 0.3 is 5.97 Å². The van der Waals surface area contributed by atoms with Crippen LogP contribution >= 0.6 is 11.6 Å². The quantitative estimate of drug-likeness (QED) is 0.558. The van der Waals surface area contributed by atoms with E-state index >= 15 is 0 Å². The largest absolute Gasteiger partial charge is 0.467 e. The van der Waals surface area contributed by atoms with Crippen LogP contribution in [-0.2, 0) is 16.1 Å². The van der Waals surface area contributed by atoms with Crippen molar-refractivity contribution in [3.63, 3.8) is 0 Å². The van der Waals surface area contributed by atoms with Gasteiger partial charge in [0.2, 0.25) is 0 Å². The van der Waals surface area contributed by atoms with Crippen LogP contribution in [-0.4, -0.2) is 35.0 Å². The lowest BCUT2D eigenvalue weighted by Crippen LogP contribution is -2.36. The van der Waals surface area contributed by atoms with E-state index in [1.165, 1.54) is 7.11 Å². The highest BCUT2D eigenvalue weighted by atomic mass is 35.5. The molecule has 3 rings (SSSR count). The first-order valence-corrected chi connectivity index (χ1v) is 9.91. The Kier molecular flexibility index (Phi) is 6.84. The first-order valence-electron chi connectivity index (χ1n) is 9.53. The molecule has 0 aliphatic rings. The predicted molar refractivity (Wildman–Crippen MR) is 116 cm³/mol. The van der Waals surface area contributed by atoms with Gasteiger partial charge in [-0.1, -0.05) is 49.7 Å².